The summed E-state index contributed by atoms with van der Waals surface area (Å²) in [6, 6.07) is 11.2. The number of amides is 3. The van der Waals surface area contributed by atoms with Gasteiger partial charge in [0, 0.05) is 29.0 Å². The summed E-state index contributed by atoms with van der Waals surface area (Å²) in [5, 5.41) is 6.25. The summed E-state index contributed by atoms with van der Waals surface area (Å²) >= 11 is 5.86. The van der Waals surface area contributed by atoms with E-state index in [0.29, 0.717) is 40.9 Å². The van der Waals surface area contributed by atoms with Gasteiger partial charge in [0.05, 0.1) is 0 Å². The minimum atomic E-state index is -0.525. The molecule has 0 radical (unpaired) electrons. The number of halogens is 1. The van der Waals surface area contributed by atoms with Gasteiger partial charge in [-0.1, -0.05) is 11.6 Å². The van der Waals surface area contributed by atoms with Crippen molar-refractivity contribution < 1.29 is 19.1 Å². The summed E-state index contributed by atoms with van der Waals surface area (Å²) in [4.78, 5) is 26.8. The van der Waals surface area contributed by atoms with Gasteiger partial charge < -0.3 is 25.0 Å². The van der Waals surface area contributed by atoms with Gasteiger partial charge in [-0.15, -0.1) is 0 Å². The maximum atomic E-state index is 12.7. The topological polar surface area (TPSA) is 79.9 Å². The maximum Gasteiger partial charge on any atom is 0.322 e. The largest absolute Gasteiger partial charge is 0.454 e. The number of carbonyl (C=O) groups excluding carboxylic acids is 2. The van der Waals surface area contributed by atoms with Crippen molar-refractivity contribution in [3.63, 3.8) is 0 Å². The van der Waals surface area contributed by atoms with Crippen molar-refractivity contribution >= 4 is 34.9 Å². The molecule has 1 unspecified atom stereocenters. The van der Waals surface area contributed by atoms with Crippen molar-refractivity contribution in [2.75, 3.05) is 24.0 Å². The van der Waals surface area contributed by atoms with Crippen LogP contribution in [0.15, 0.2) is 42.5 Å². The molecule has 0 bridgehead atoms. The second kappa shape index (κ2) is 7.36. The van der Waals surface area contributed by atoms with Crippen molar-refractivity contribution in [3.8, 4) is 11.5 Å². The molecule has 0 saturated carbocycles. The third-order valence-electron chi connectivity index (χ3n) is 4.55. The lowest BCUT2D eigenvalue weighted by atomic mass is 10.2. The molecule has 1 saturated heterocycles. The van der Waals surface area contributed by atoms with E-state index in [1.165, 1.54) is 0 Å². The van der Waals surface area contributed by atoms with Gasteiger partial charge in [0.15, 0.2) is 11.5 Å². The highest BCUT2D eigenvalue weighted by Crippen LogP contribution is 2.34. The number of carbonyl (C=O) groups is 2. The zero-order chi connectivity index (χ0) is 18.8. The van der Waals surface area contributed by atoms with Crippen LogP contribution in [-0.4, -0.2) is 36.2 Å². The monoisotopic (exact) mass is 387 g/mol. The van der Waals surface area contributed by atoms with Crippen molar-refractivity contribution in [1.29, 1.82) is 0 Å². The third-order valence-corrected chi connectivity index (χ3v) is 4.80. The van der Waals surface area contributed by atoms with Crippen LogP contribution >= 0.6 is 11.6 Å². The van der Waals surface area contributed by atoms with E-state index in [9.17, 15) is 9.59 Å². The second-order valence-electron chi connectivity index (χ2n) is 6.35. The fourth-order valence-electron chi connectivity index (χ4n) is 3.21. The highest BCUT2D eigenvalue weighted by Gasteiger charge is 2.34. The van der Waals surface area contributed by atoms with Crippen LogP contribution in [0.3, 0.4) is 0 Å². The molecule has 2 aromatic rings. The van der Waals surface area contributed by atoms with Crippen LogP contribution in [0.25, 0.3) is 0 Å². The van der Waals surface area contributed by atoms with Gasteiger partial charge in [0.25, 0.3) is 0 Å². The maximum absolute atomic E-state index is 12.7. The summed E-state index contributed by atoms with van der Waals surface area (Å²) in [7, 11) is 0. The molecule has 2 aliphatic heterocycles. The predicted molar refractivity (Wildman–Crippen MR) is 101 cm³/mol. The van der Waals surface area contributed by atoms with Crippen LogP contribution in [0, 0.1) is 0 Å². The van der Waals surface area contributed by atoms with Crippen LogP contribution in [0.5, 0.6) is 11.5 Å². The van der Waals surface area contributed by atoms with Gasteiger partial charge in [-0.25, -0.2) is 4.79 Å². The molecule has 3 amide bonds. The Labute approximate surface area is 161 Å². The number of benzene rings is 2. The molecule has 2 aliphatic rings. The smallest absolute Gasteiger partial charge is 0.322 e. The highest BCUT2D eigenvalue weighted by molar-refractivity contribution is 6.30. The van der Waals surface area contributed by atoms with Gasteiger partial charge in [0.2, 0.25) is 12.7 Å². The zero-order valence-corrected chi connectivity index (χ0v) is 15.2. The van der Waals surface area contributed by atoms with Crippen LogP contribution in [0.1, 0.15) is 12.8 Å². The molecule has 4 rings (SSSR count). The minimum absolute atomic E-state index is 0.175. The molecule has 0 spiro atoms. The van der Waals surface area contributed by atoms with Crippen LogP contribution < -0.4 is 20.1 Å². The molecule has 1 fully saturated rings. The van der Waals surface area contributed by atoms with Crippen molar-refractivity contribution in [2.24, 2.45) is 0 Å². The van der Waals surface area contributed by atoms with Crippen LogP contribution in [0.4, 0.5) is 16.2 Å². The summed E-state index contributed by atoms with van der Waals surface area (Å²) in [6.07, 6.45) is 1.39. The number of fused-ring (bicyclic) bond motifs is 1. The fraction of sp³-hybridized carbons (Fsp3) is 0.263. The number of urea groups is 1. The van der Waals surface area contributed by atoms with Crippen molar-refractivity contribution in [3.05, 3.63) is 47.5 Å². The quantitative estimate of drug-likeness (QED) is 0.841. The summed E-state index contributed by atoms with van der Waals surface area (Å²) in [5.74, 6) is 1.02. The first-order valence-electron chi connectivity index (χ1n) is 8.64. The zero-order valence-electron chi connectivity index (χ0n) is 14.4. The predicted octanol–water partition coefficient (Wildman–Crippen LogP) is 3.70. The number of hydrogen-bond donors (Lipinski definition) is 2. The molecule has 7 nitrogen and oxygen atoms in total. The van der Waals surface area contributed by atoms with Crippen LogP contribution in [0.2, 0.25) is 5.02 Å². The number of ether oxygens (including phenoxy) is 2. The average Bonchev–Trinajstić information content (AvgIpc) is 3.32. The fourth-order valence-corrected chi connectivity index (χ4v) is 3.34. The summed E-state index contributed by atoms with van der Waals surface area (Å²) in [6.45, 7) is 0.701. The molecule has 2 aromatic carbocycles. The Morgan fingerprint density at radius 1 is 1.00 bits per heavy atom. The Bertz CT molecular complexity index is 872. The number of nitrogens with one attached hydrogen (secondary N) is 2. The van der Waals surface area contributed by atoms with E-state index < -0.39 is 6.04 Å². The summed E-state index contributed by atoms with van der Waals surface area (Å²) in [5.41, 5.74) is 1.24. The van der Waals surface area contributed by atoms with E-state index in [-0.39, 0.29) is 18.7 Å². The molecule has 140 valence electrons. The van der Waals surface area contributed by atoms with Gasteiger partial charge in [-0.3, -0.25) is 4.79 Å². The van der Waals surface area contributed by atoms with Crippen LogP contribution in [-0.2, 0) is 4.79 Å². The number of nitrogens with zero attached hydrogens (tertiary/aromatic N) is 1. The van der Waals surface area contributed by atoms with E-state index in [0.717, 1.165) is 6.42 Å². The van der Waals surface area contributed by atoms with E-state index in [2.05, 4.69) is 10.6 Å². The summed E-state index contributed by atoms with van der Waals surface area (Å²) < 4.78 is 10.6. The second-order valence-corrected chi connectivity index (χ2v) is 6.78. The average molecular weight is 388 g/mol. The minimum Gasteiger partial charge on any atom is -0.454 e. The molecular weight excluding hydrogens is 370 g/mol. The standard InChI is InChI=1S/C19H18ClN3O4/c20-12-3-5-13(6-4-12)22-19(25)23-9-1-2-15(23)18(24)21-14-7-8-16-17(10-14)27-11-26-16/h3-8,10,15H,1-2,9,11H2,(H,21,24)(H,22,25). The molecule has 27 heavy (non-hydrogen) atoms. The molecule has 1 atom stereocenters. The molecular formula is C19H18ClN3O4. The van der Waals surface area contributed by atoms with Crippen molar-refractivity contribution in [2.45, 2.75) is 18.9 Å². The number of likely N-dealkylation sites (tertiary alicyclic amines) is 1. The molecule has 2 N–H and O–H groups in total. The van der Waals surface area contributed by atoms with E-state index >= 15 is 0 Å². The van der Waals surface area contributed by atoms with E-state index in [4.69, 9.17) is 21.1 Å². The lowest BCUT2D eigenvalue weighted by molar-refractivity contribution is -0.119. The lowest BCUT2D eigenvalue weighted by Crippen LogP contribution is -2.45. The molecule has 8 heteroatoms. The number of hydrogen-bond acceptors (Lipinski definition) is 4. The number of anilines is 2. The van der Waals surface area contributed by atoms with Gasteiger partial charge >= 0.3 is 6.03 Å². The first-order valence-corrected chi connectivity index (χ1v) is 9.02. The Kier molecular flexibility index (Phi) is 4.77. The van der Waals surface area contributed by atoms with E-state index in [1.54, 1.807) is 47.4 Å². The Morgan fingerprint density at radius 2 is 1.74 bits per heavy atom. The van der Waals surface area contributed by atoms with Crippen molar-refractivity contribution in [1.82, 2.24) is 4.90 Å². The third kappa shape index (κ3) is 3.78. The lowest BCUT2D eigenvalue weighted by Gasteiger charge is -2.24. The van der Waals surface area contributed by atoms with Gasteiger partial charge in [-0.05, 0) is 49.2 Å². The molecule has 2 heterocycles. The van der Waals surface area contributed by atoms with Gasteiger partial charge in [0.1, 0.15) is 6.04 Å². The Balaban J connectivity index is 1.41. The molecule has 0 aromatic heterocycles. The van der Waals surface area contributed by atoms with Gasteiger partial charge in [-0.2, -0.15) is 0 Å². The number of rotatable bonds is 3. The first-order chi connectivity index (χ1) is 13.1. The SMILES string of the molecule is O=C(Nc1ccc2c(c1)OCO2)C1CCCN1C(=O)Nc1ccc(Cl)cc1. The normalized spacial score (nSPS) is 17.7. The van der Waals surface area contributed by atoms with E-state index in [1.807, 2.05) is 0 Å². The molecule has 0 aliphatic carbocycles. The Hall–Kier alpha value is -2.93. The Morgan fingerprint density at radius 3 is 2.56 bits per heavy atom. The first kappa shape index (κ1) is 17.5. The highest BCUT2D eigenvalue weighted by atomic mass is 35.5.